The number of carboxylic acids is 1. The average Bonchev–Trinajstić information content (AvgIpc) is 3.49. The standard InChI is InChI=1S/C34H38F3N5O8S/c1-20-5-6-22(27(32(3,4)31(44)45)24-9-12-42-28(21(24)2)39-40-30(42)34(35,36)37)17-23(20)18-41-19-33(10-14-48-15-11-33)50-29-25(51(41,46)47)7-8-26(38-29)49-16-13-43/h5-9,12,17,27,43H,10-11,13-16,18-19H2,1-4H3,(H,44,45). The molecule has 1 unspecified atom stereocenters. The summed E-state index contributed by atoms with van der Waals surface area (Å²) in [6, 6.07) is 9.47. The highest BCUT2D eigenvalue weighted by atomic mass is 32.2. The molecule has 0 amide bonds. The molecule has 1 fully saturated rings. The Hall–Kier alpha value is -4.32. The van der Waals surface area contributed by atoms with Crippen molar-refractivity contribution in [1.29, 1.82) is 0 Å². The summed E-state index contributed by atoms with van der Waals surface area (Å²) in [5.41, 5.74) is 0.0814. The van der Waals surface area contributed by atoms with Crippen molar-refractivity contribution in [3.8, 4) is 11.8 Å². The van der Waals surface area contributed by atoms with Gasteiger partial charge in [-0.05, 0) is 67.6 Å². The molecule has 274 valence electrons. The van der Waals surface area contributed by atoms with Crippen LogP contribution in [-0.4, -0.2) is 87.1 Å². The number of hydrogen-bond donors (Lipinski definition) is 2. The van der Waals surface area contributed by atoms with Gasteiger partial charge in [0.25, 0.3) is 0 Å². The Bertz CT molecular complexity index is 2080. The normalized spacial score (nSPS) is 18.2. The molecule has 13 nitrogen and oxygen atoms in total. The number of sulfonamides is 1. The number of pyridine rings is 2. The predicted octanol–water partition coefficient (Wildman–Crippen LogP) is 4.51. The number of aliphatic carboxylic acids is 1. The number of carbonyl (C=O) groups is 1. The number of alkyl halides is 3. The van der Waals surface area contributed by atoms with E-state index in [4.69, 9.17) is 14.2 Å². The lowest BCUT2D eigenvalue weighted by atomic mass is 9.70. The van der Waals surface area contributed by atoms with Gasteiger partial charge in [-0.15, -0.1) is 10.2 Å². The summed E-state index contributed by atoms with van der Waals surface area (Å²) in [6.07, 6.45) is -2.80. The maximum Gasteiger partial charge on any atom is 0.452 e. The molecule has 1 spiro atoms. The van der Waals surface area contributed by atoms with Crippen molar-refractivity contribution in [2.45, 2.75) is 69.7 Å². The minimum absolute atomic E-state index is 0.0280. The molecule has 2 N–H and O–H groups in total. The lowest BCUT2D eigenvalue weighted by Crippen LogP contribution is -2.50. The van der Waals surface area contributed by atoms with E-state index in [0.29, 0.717) is 48.3 Å². The van der Waals surface area contributed by atoms with Gasteiger partial charge in [0.1, 0.15) is 17.1 Å². The Kier molecular flexibility index (Phi) is 9.54. The van der Waals surface area contributed by atoms with Crippen molar-refractivity contribution in [3.63, 3.8) is 0 Å². The number of aryl methyl sites for hydroxylation is 2. The van der Waals surface area contributed by atoms with Gasteiger partial charge in [-0.25, -0.2) is 8.42 Å². The molecular weight excluding hydrogens is 695 g/mol. The highest BCUT2D eigenvalue weighted by Gasteiger charge is 2.46. The smallest absolute Gasteiger partial charge is 0.452 e. The van der Waals surface area contributed by atoms with Crippen LogP contribution in [0.1, 0.15) is 66.2 Å². The van der Waals surface area contributed by atoms with Crippen molar-refractivity contribution in [2.75, 3.05) is 33.0 Å². The fourth-order valence-electron chi connectivity index (χ4n) is 6.78. The largest absolute Gasteiger partial charge is 0.481 e. The third-order valence-electron chi connectivity index (χ3n) is 9.70. The lowest BCUT2D eigenvalue weighted by Gasteiger charge is -2.38. The van der Waals surface area contributed by atoms with Crippen LogP contribution in [0.2, 0.25) is 0 Å². The van der Waals surface area contributed by atoms with Crippen molar-refractivity contribution in [3.05, 3.63) is 76.2 Å². The van der Waals surface area contributed by atoms with Gasteiger partial charge in [-0.2, -0.15) is 22.5 Å². The molecule has 2 aliphatic heterocycles. The zero-order valence-electron chi connectivity index (χ0n) is 28.4. The van der Waals surface area contributed by atoms with Crippen molar-refractivity contribution < 1.29 is 50.8 Å². The van der Waals surface area contributed by atoms with Crippen LogP contribution >= 0.6 is 0 Å². The summed E-state index contributed by atoms with van der Waals surface area (Å²) >= 11 is 0. The number of aliphatic hydroxyl groups is 1. The summed E-state index contributed by atoms with van der Waals surface area (Å²) in [5, 5.41) is 26.7. The highest BCUT2D eigenvalue weighted by molar-refractivity contribution is 7.89. The molecule has 1 aromatic carbocycles. The van der Waals surface area contributed by atoms with E-state index in [0.717, 1.165) is 9.96 Å². The maximum absolute atomic E-state index is 14.3. The van der Waals surface area contributed by atoms with E-state index in [9.17, 15) is 36.6 Å². The molecule has 1 saturated heterocycles. The number of aliphatic hydroxyl groups excluding tert-OH is 1. The van der Waals surface area contributed by atoms with Gasteiger partial charge in [0, 0.05) is 37.6 Å². The van der Waals surface area contributed by atoms with Crippen molar-refractivity contribution >= 4 is 21.6 Å². The molecule has 6 rings (SSSR count). The SMILES string of the molecule is Cc1ccc(C(c2ccn3c(C(F)(F)F)nnc3c2C)C(C)(C)C(=O)O)cc1CN1CC2(CCOCC2)Oc2nc(OCCO)ccc2S1(=O)=O. The first kappa shape index (κ1) is 36.5. The van der Waals surface area contributed by atoms with E-state index < -0.39 is 44.9 Å². The van der Waals surface area contributed by atoms with Gasteiger partial charge in [0.15, 0.2) is 5.65 Å². The molecule has 51 heavy (non-hydrogen) atoms. The summed E-state index contributed by atoms with van der Waals surface area (Å²) in [6.45, 7) is 6.69. The van der Waals surface area contributed by atoms with E-state index in [2.05, 4.69) is 15.2 Å². The molecule has 0 radical (unpaired) electrons. The molecule has 2 aliphatic rings. The Morgan fingerprint density at radius 1 is 1.10 bits per heavy atom. The zero-order valence-corrected chi connectivity index (χ0v) is 29.2. The number of ether oxygens (including phenoxy) is 3. The average molecular weight is 734 g/mol. The monoisotopic (exact) mass is 733 g/mol. The van der Waals surface area contributed by atoms with Gasteiger partial charge < -0.3 is 24.4 Å². The summed E-state index contributed by atoms with van der Waals surface area (Å²) in [4.78, 5) is 16.9. The first-order valence-corrected chi connectivity index (χ1v) is 17.7. The molecule has 3 aromatic heterocycles. The van der Waals surface area contributed by atoms with Crippen molar-refractivity contribution in [1.82, 2.24) is 23.9 Å². The van der Waals surface area contributed by atoms with E-state index in [1.165, 1.54) is 42.5 Å². The molecule has 1 atom stereocenters. The van der Waals surface area contributed by atoms with Gasteiger partial charge in [0.2, 0.25) is 27.6 Å². The minimum atomic E-state index is -4.76. The molecule has 0 saturated carbocycles. The topological polar surface area (TPSA) is 166 Å². The van der Waals surface area contributed by atoms with Crippen LogP contribution < -0.4 is 9.47 Å². The molecule has 17 heteroatoms. The van der Waals surface area contributed by atoms with Crippen LogP contribution in [0.3, 0.4) is 0 Å². The number of nitrogens with zero attached hydrogens (tertiary/aromatic N) is 5. The van der Waals surface area contributed by atoms with Gasteiger partial charge in [-0.1, -0.05) is 18.2 Å². The van der Waals surface area contributed by atoms with Gasteiger partial charge >= 0.3 is 12.1 Å². The van der Waals surface area contributed by atoms with E-state index in [1.807, 2.05) is 6.92 Å². The van der Waals surface area contributed by atoms with Crippen LogP contribution in [-0.2, 0) is 32.3 Å². The maximum atomic E-state index is 14.3. The molecule has 0 bridgehead atoms. The van der Waals surface area contributed by atoms with E-state index in [-0.39, 0.29) is 48.6 Å². The highest BCUT2D eigenvalue weighted by Crippen LogP contribution is 2.45. The van der Waals surface area contributed by atoms with Crippen molar-refractivity contribution in [2.24, 2.45) is 5.41 Å². The Morgan fingerprint density at radius 2 is 1.82 bits per heavy atom. The molecule has 4 aromatic rings. The Labute approximate surface area is 292 Å². The Morgan fingerprint density at radius 3 is 2.49 bits per heavy atom. The van der Waals surface area contributed by atoms with Crippen LogP contribution in [0.15, 0.2) is 47.5 Å². The summed E-state index contributed by atoms with van der Waals surface area (Å²) in [5.74, 6) is -3.25. The quantitative estimate of drug-likeness (QED) is 0.249. The number of benzene rings is 1. The fourth-order valence-corrected chi connectivity index (χ4v) is 8.32. The number of hydrogen-bond acceptors (Lipinski definition) is 10. The van der Waals surface area contributed by atoms with Gasteiger partial charge in [-0.3, -0.25) is 9.20 Å². The first-order valence-electron chi connectivity index (χ1n) is 16.2. The zero-order chi connectivity index (χ0) is 36.9. The van der Waals surface area contributed by atoms with E-state index >= 15 is 0 Å². The summed E-state index contributed by atoms with van der Waals surface area (Å²) < 4.78 is 89.2. The van der Waals surface area contributed by atoms with Crippen LogP contribution in [0.4, 0.5) is 13.2 Å². The Balaban J connectivity index is 1.44. The fraction of sp³-hybridized carbons (Fsp3) is 0.471. The number of fused-ring (bicyclic) bond motifs is 2. The lowest BCUT2D eigenvalue weighted by molar-refractivity contribution is -0.147. The third-order valence-corrected chi connectivity index (χ3v) is 11.5. The molecule has 5 heterocycles. The number of rotatable bonds is 9. The first-order chi connectivity index (χ1) is 24.0. The second-order valence-corrected chi connectivity index (χ2v) is 15.4. The summed E-state index contributed by atoms with van der Waals surface area (Å²) in [7, 11) is -4.22. The minimum Gasteiger partial charge on any atom is -0.481 e. The van der Waals surface area contributed by atoms with Crippen LogP contribution in [0, 0.1) is 19.3 Å². The van der Waals surface area contributed by atoms with Gasteiger partial charge in [0.05, 0.1) is 31.8 Å². The third kappa shape index (κ3) is 6.74. The van der Waals surface area contributed by atoms with Crippen LogP contribution in [0.25, 0.3) is 5.65 Å². The number of halogens is 3. The second kappa shape index (κ2) is 13.3. The van der Waals surface area contributed by atoms with E-state index in [1.54, 1.807) is 25.1 Å². The number of carboxylic acid groups (broad SMARTS) is 1. The second-order valence-electron chi connectivity index (χ2n) is 13.5. The molecule has 0 aliphatic carbocycles. The molecular formula is C34H38F3N5O8S. The van der Waals surface area contributed by atoms with Crippen LogP contribution in [0.5, 0.6) is 11.8 Å². The number of aromatic nitrogens is 4. The predicted molar refractivity (Wildman–Crippen MR) is 175 cm³/mol.